The number of rotatable bonds is 6. The van der Waals surface area contributed by atoms with Gasteiger partial charge in [-0.1, -0.05) is 30.8 Å². The number of nitrogens with two attached hydrogens (primary N) is 1. The zero-order chi connectivity index (χ0) is 20.5. The predicted octanol–water partition coefficient (Wildman–Crippen LogP) is 3.69. The lowest BCUT2D eigenvalue weighted by molar-refractivity contribution is -0.117. The lowest BCUT2D eigenvalue weighted by Crippen LogP contribution is -2.28. The van der Waals surface area contributed by atoms with E-state index >= 15 is 0 Å². The van der Waals surface area contributed by atoms with Crippen LogP contribution in [0.5, 0.6) is 5.75 Å². The van der Waals surface area contributed by atoms with Gasteiger partial charge < -0.3 is 10.5 Å². The van der Waals surface area contributed by atoms with E-state index in [0.29, 0.717) is 28.4 Å². The number of aromatic nitrogens is 2. The topological polar surface area (TPSA) is 87.2 Å². The SMILES string of the molecule is CCC(Sc1nc2sc3c(c2c(=O)n1-c1ccccc1OC)CCCC3)C(N)=O. The first kappa shape index (κ1) is 20.0. The van der Waals surface area contributed by atoms with Crippen LogP contribution in [0, 0.1) is 0 Å². The number of thiophene rings is 1. The van der Waals surface area contributed by atoms with Crippen LogP contribution in [0.2, 0.25) is 0 Å². The number of methoxy groups -OCH3 is 1. The number of amides is 1. The second kappa shape index (κ2) is 8.20. The molecule has 2 aromatic heterocycles. The van der Waals surface area contributed by atoms with Gasteiger partial charge in [0.25, 0.3) is 5.56 Å². The van der Waals surface area contributed by atoms with Gasteiger partial charge in [-0.25, -0.2) is 4.98 Å². The predicted molar refractivity (Wildman–Crippen MR) is 118 cm³/mol. The molecule has 152 valence electrons. The standard InChI is InChI=1S/C21H23N3O3S2/c1-3-15(18(22)25)29-21-23-19-17(12-8-4-7-11-16(12)28-19)20(26)24(21)13-9-5-6-10-14(13)27-2/h5-6,9-10,15H,3-4,7-8,11H2,1-2H3,(H2,22,25). The molecule has 0 radical (unpaired) electrons. The molecule has 0 spiro atoms. The molecule has 1 aliphatic rings. The Kier molecular flexibility index (Phi) is 5.65. The number of aryl methyl sites for hydroxylation is 2. The van der Waals surface area contributed by atoms with Crippen LogP contribution in [0.25, 0.3) is 15.9 Å². The maximum atomic E-state index is 13.7. The molecule has 2 heterocycles. The maximum absolute atomic E-state index is 13.7. The van der Waals surface area contributed by atoms with E-state index < -0.39 is 11.2 Å². The lowest BCUT2D eigenvalue weighted by atomic mass is 9.97. The van der Waals surface area contributed by atoms with Crippen molar-refractivity contribution >= 4 is 39.2 Å². The van der Waals surface area contributed by atoms with Gasteiger partial charge in [-0.05, 0) is 49.8 Å². The van der Waals surface area contributed by atoms with E-state index in [4.69, 9.17) is 15.5 Å². The fourth-order valence-electron chi connectivity index (χ4n) is 3.76. The summed E-state index contributed by atoms with van der Waals surface area (Å²) >= 11 is 2.84. The number of ether oxygens (including phenoxy) is 1. The Morgan fingerprint density at radius 1 is 1.34 bits per heavy atom. The van der Waals surface area contributed by atoms with E-state index in [2.05, 4.69) is 0 Å². The molecule has 0 bridgehead atoms. The number of benzene rings is 1. The second-order valence-electron chi connectivity index (χ2n) is 7.01. The zero-order valence-electron chi connectivity index (χ0n) is 16.4. The molecule has 3 aromatic rings. The van der Waals surface area contributed by atoms with Gasteiger partial charge in [0.2, 0.25) is 5.91 Å². The Hall–Kier alpha value is -2.32. The normalized spacial score (nSPS) is 14.6. The fourth-order valence-corrected chi connectivity index (χ4v) is 6.04. The van der Waals surface area contributed by atoms with Gasteiger partial charge in [-0.3, -0.25) is 14.2 Å². The molecule has 1 amide bonds. The summed E-state index contributed by atoms with van der Waals surface area (Å²) in [5.41, 5.74) is 7.22. The summed E-state index contributed by atoms with van der Waals surface area (Å²) in [7, 11) is 1.58. The molecular weight excluding hydrogens is 406 g/mol. The molecule has 0 aliphatic heterocycles. The number of fused-ring (bicyclic) bond motifs is 3. The maximum Gasteiger partial charge on any atom is 0.267 e. The minimum atomic E-state index is -0.463. The first-order chi connectivity index (χ1) is 14.0. The molecule has 4 rings (SSSR count). The Labute approximate surface area is 177 Å². The summed E-state index contributed by atoms with van der Waals surface area (Å²) in [4.78, 5) is 32.5. The van der Waals surface area contributed by atoms with Gasteiger partial charge in [0.15, 0.2) is 5.16 Å². The van der Waals surface area contributed by atoms with Crippen molar-refractivity contribution in [1.82, 2.24) is 9.55 Å². The highest BCUT2D eigenvalue weighted by molar-refractivity contribution is 8.00. The summed E-state index contributed by atoms with van der Waals surface area (Å²) in [6.07, 6.45) is 4.68. The van der Waals surface area contributed by atoms with Crippen molar-refractivity contribution in [3.05, 3.63) is 45.1 Å². The van der Waals surface area contributed by atoms with Crippen molar-refractivity contribution in [3.63, 3.8) is 0 Å². The molecule has 6 nitrogen and oxygen atoms in total. The highest BCUT2D eigenvalue weighted by Crippen LogP contribution is 2.37. The number of carbonyl (C=O) groups excluding carboxylic acids is 1. The van der Waals surface area contributed by atoms with Crippen LogP contribution in [0.1, 0.15) is 36.6 Å². The summed E-state index contributed by atoms with van der Waals surface area (Å²) in [5.74, 6) is 0.165. The van der Waals surface area contributed by atoms with E-state index in [1.807, 2.05) is 31.2 Å². The first-order valence-electron chi connectivity index (χ1n) is 9.71. The van der Waals surface area contributed by atoms with Crippen LogP contribution >= 0.6 is 23.1 Å². The van der Waals surface area contributed by atoms with E-state index in [1.54, 1.807) is 23.0 Å². The fraction of sp³-hybridized carbons (Fsp3) is 0.381. The Morgan fingerprint density at radius 2 is 2.10 bits per heavy atom. The third kappa shape index (κ3) is 3.55. The van der Waals surface area contributed by atoms with Crippen molar-refractivity contribution in [3.8, 4) is 11.4 Å². The molecule has 1 aliphatic carbocycles. The number of carbonyl (C=O) groups is 1. The van der Waals surface area contributed by atoms with Gasteiger partial charge in [-0.2, -0.15) is 0 Å². The number of para-hydroxylation sites is 2. The quantitative estimate of drug-likeness (QED) is 0.477. The zero-order valence-corrected chi connectivity index (χ0v) is 18.1. The number of hydrogen-bond donors (Lipinski definition) is 1. The van der Waals surface area contributed by atoms with Gasteiger partial charge in [0, 0.05) is 4.88 Å². The Morgan fingerprint density at radius 3 is 2.83 bits per heavy atom. The van der Waals surface area contributed by atoms with Crippen LogP contribution in [0.4, 0.5) is 0 Å². The van der Waals surface area contributed by atoms with Crippen molar-refractivity contribution < 1.29 is 9.53 Å². The highest BCUT2D eigenvalue weighted by Gasteiger charge is 2.26. The summed E-state index contributed by atoms with van der Waals surface area (Å²) in [5, 5.41) is 0.707. The second-order valence-corrected chi connectivity index (χ2v) is 9.27. The third-order valence-electron chi connectivity index (χ3n) is 5.22. The third-order valence-corrected chi connectivity index (χ3v) is 7.74. The van der Waals surface area contributed by atoms with Crippen molar-refractivity contribution in [1.29, 1.82) is 0 Å². The molecule has 1 unspecified atom stereocenters. The van der Waals surface area contributed by atoms with E-state index in [-0.39, 0.29) is 5.56 Å². The highest BCUT2D eigenvalue weighted by atomic mass is 32.2. The lowest BCUT2D eigenvalue weighted by Gasteiger charge is -2.17. The van der Waals surface area contributed by atoms with Crippen LogP contribution < -0.4 is 16.0 Å². The Balaban J connectivity index is 2.01. The van der Waals surface area contributed by atoms with Gasteiger partial charge in [0.1, 0.15) is 10.6 Å². The van der Waals surface area contributed by atoms with Crippen LogP contribution in [-0.2, 0) is 17.6 Å². The van der Waals surface area contributed by atoms with E-state index in [9.17, 15) is 9.59 Å². The minimum absolute atomic E-state index is 0.110. The number of thioether (sulfide) groups is 1. The summed E-state index contributed by atoms with van der Waals surface area (Å²) in [6, 6.07) is 7.37. The van der Waals surface area contributed by atoms with E-state index in [0.717, 1.165) is 36.1 Å². The molecule has 0 saturated heterocycles. The van der Waals surface area contributed by atoms with Crippen LogP contribution in [-0.4, -0.2) is 27.8 Å². The molecule has 0 fully saturated rings. The molecule has 29 heavy (non-hydrogen) atoms. The molecule has 1 aromatic carbocycles. The summed E-state index contributed by atoms with van der Waals surface area (Å²) < 4.78 is 7.09. The molecule has 2 N–H and O–H groups in total. The average Bonchev–Trinajstić information content (AvgIpc) is 3.10. The first-order valence-corrected chi connectivity index (χ1v) is 11.4. The molecule has 1 atom stereocenters. The van der Waals surface area contributed by atoms with Crippen molar-refractivity contribution in [2.24, 2.45) is 5.73 Å². The van der Waals surface area contributed by atoms with Gasteiger partial charge >= 0.3 is 0 Å². The van der Waals surface area contributed by atoms with Crippen molar-refractivity contribution in [2.45, 2.75) is 49.4 Å². The van der Waals surface area contributed by atoms with Gasteiger partial charge in [-0.15, -0.1) is 11.3 Å². The van der Waals surface area contributed by atoms with Gasteiger partial charge in [0.05, 0.1) is 23.4 Å². The molecule has 0 saturated carbocycles. The number of hydrogen-bond acceptors (Lipinski definition) is 6. The van der Waals surface area contributed by atoms with Crippen molar-refractivity contribution in [2.75, 3.05) is 7.11 Å². The Bertz CT molecular complexity index is 1140. The van der Waals surface area contributed by atoms with E-state index in [1.165, 1.54) is 16.6 Å². The smallest absolute Gasteiger partial charge is 0.267 e. The molecule has 8 heteroatoms. The molecular formula is C21H23N3O3S2. The van der Waals surface area contributed by atoms with Crippen LogP contribution in [0.15, 0.2) is 34.2 Å². The number of nitrogens with zero attached hydrogens (tertiary/aromatic N) is 2. The largest absolute Gasteiger partial charge is 0.495 e. The summed E-state index contributed by atoms with van der Waals surface area (Å²) in [6.45, 7) is 1.90. The average molecular weight is 430 g/mol. The number of primary amides is 1. The minimum Gasteiger partial charge on any atom is -0.495 e. The monoisotopic (exact) mass is 429 g/mol. The van der Waals surface area contributed by atoms with Crippen LogP contribution in [0.3, 0.4) is 0 Å².